The summed E-state index contributed by atoms with van der Waals surface area (Å²) in [5.74, 6) is 0. The molecule has 2 aliphatic carbocycles. The highest BCUT2D eigenvalue weighted by molar-refractivity contribution is 8.00. The fourth-order valence-corrected chi connectivity index (χ4v) is 4.38. The lowest BCUT2D eigenvalue weighted by Crippen LogP contribution is -2.31. The summed E-state index contributed by atoms with van der Waals surface area (Å²) in [5.41, 5.74) is 1.01. The number of nitrogens with one attached hydrogen (secondary N) is 2. The SMILES string of the molecule is CSC1(CNS(=O)(=O)c2cc(CNC3CC3)n(C)c2)CC1. The molecular formula is C14H23N3O2S2. The molecule has 7 heteroatoms. The van der Waals surface area contributed by atoms with Crippen molar-refractivity contribution in [1.82, 2.24) is 14.6 Å². The molecule has 1 heterocycles. The van der Waals surface area contributed by atoms with Crippen molar-refractivity contribution in [3.8, 4) is 0 Å². The van der Waals surface area contributed by atoms with E-state index in [4.69, 9.17) is 0 Å². The van der Waals surface area contributed by atoms with Gasteiger partial charge in [0.2, 0.25) is 10.0 Å². The number of aromatic nitrogens is 1. The van der Waals surface area contributed by atoms with E-state index in [1.54, 1.807) is 24.0 Å². The van der Waals surface area contributed by atoms with Crippen LogP contribution in [0.15, 0.2) is 17.2 Å². The van der Waals surface area contributed by atoms with Gasteiger partial charge >= 0.3 is 0 Å². The Kier molecular flexibility index (Phi) is 4.11. The number of thioether (sulfide) groups is 1. The van der Waals surface area contributed by atoms with E-state index < -0.39 is 10.0 Å². The first-order chi connectivity index (χ1) is 9.94. The maximum Gasteiger partial charge on any atom is 0.242 e. The van der Waals surface area contributed by atoms with Gasteiger partial charge in [0.05, 0.1) is 4.90 Å². The van der Waals surface area contributed by atoms with Gasteiger partial charge in [-0.05, 0) is 38.0 Å². The van der Waals surface area contributed by atoms with Crippen molar-refractivity contribution in [2.75, 3.05) is 12.8 Å². The van der Waals surface area contributed by atoms with Crippen LogP contribution >= 0.6 is 11.8 Å². The van der Waals surface area contributed by atoms with E-state index in [-0.39, 0.29) is 4.75 Å². The molecule has 118 valence electrons. The van der Waals surface area contributed by atoms with Crippen LogP contribution in [0, 0.1) is 0 Å². The fourth-order valence-electron chi connectivity index (χ4n) is 2.34. The molecular weight excluding hydrogens is 306 g/mol. The first kappa shape index (κ1) is 15.4. The smallest absolute Gasteiger partial charge is 0.242 e. The number of hydrogen-bond donors (Lipinski definition) is 2. The minimum absolute atomic E-state index is 0.137. The summed E-state index contributed by atoms with van der Waals surface area (Å²) in [5, 5.41) is 3.41. The normalized spacial score (nSPS) is 20.7. The average molecular weight is 329 g/mol. The Morgan fingerprint density at radius 3 is 2.71 bits per heavy atom. The van der Waals surface area contributed by atoms with Gasteiger partial charge in [-0.2, -0.15) is 11.8 Å². The highest BCUT2D eigenvalue weighted by Crippen LogP contribution is 2.46. The largest absolute Gasteiger partial charge is 0.352 e. The minimum Gasteiger partial charge on any atom is -0.352 e. The lowest BCUT2D eigenvalue weighted by atomic mass is 10.4. The molecule has 21 heavy (non-hydrogen) atoms. The molecule has 2 saturated carbocycles. The summed E-state index contributed by atoms with van der Waals surface area (Å²) >= 11 is 1.76. The second kappa shape index (κ2) is 5.61. The van der Waals surface area contributed by atoms with E-state index in [0.29, 0.717) is 17.5 Å². The van der Waals surface area contributed by atoms with Gasteiger partial charge in [-0.1, -0.05) is 0 Å². The standard InChI is InChI=1S/C14H23N3O2S2/c1-17-9-13(7-12(17)8-15-11-3-4-11)21(18,19)16-10-14(20-2)5-6-14/h7,9,11,15-16H,3-6,8,10H2,1-2H3. The first-order valence-electron chi connectivity index (χ1n) is 7.38. The Balaban J connectivity index is 1.65. The van der Waals surface area contributed by atoms with Crippen molar-refractivity contribution >= 4 is 21.8 Å². The molecule has 0 aromatic carbocycles. The molecule has 0 saturated heterocycles. The number of aryl methyl sites for hydroxylation is 1. The molecule has 5 nitrogen and oxygen atoms in total. The predicted molar refractivity (Wildman–Crippen MR) is 85.9 cm³/mol. The van der Waals surface area contributed by atoms with Crippen LogP contribution < -0.4 is 10.0 Å². The first-order valence-corrected chi connectivity index (χ1v) is 10.1. The number of nitrogens with zero attached hydrogens (tertiary/aromatic N) is 1. The summed E-state index contributed by atoms with van der Waals surface area (Å²) in [7, 11) is -1.50. The summed E-state index contributed by atoms with van der Waals surface area (Å²) in [6.45, 7) is 1.26. The zero-order valence-corrected chi connectivity index (χ0v) is 14.2. The minimum atomic E-state index is -3.40. The van der Waals surface area contributed by atoms with Crippen LogP contribution in [-0.4, -0.2) is 36.6 Å². The predicted octanol–water partition coefficient (Wildman–Crippen LogP) is 1.45. The van der Waals surface area contributed by atoms with Gasteiger partial charge in [0.25, 0.3) is 0 Å². The van der Waals surface area contributed by atoms with Crippen LogP contribution in [0.1, 0.15) is 31.4 Å². The van der Waals surface area contributed by atoms with Crippen LogP contribution in [0.2, 0.25) is 0 Å². The molecule has 1 aromatic heterocycles. The van der Waals surface area contributed by atoms with Gasteiger partial charge in [-0.25, -0.2) is 13.1 Å². The zero-order chi connectivity index (χ0) is 15.1. The summed E-state index contributed by atoms with van der Waals surface area (Å²) in [4.78, 5) is 0.370. The van der Waals surface area contributed by atoms with Gasteiger partial charge in [-0.3, -0.25) is 0 Å². The maximum absolute atomic E-state index is 12.4. The average Bonchev–Trinajstić information content (AvgIpc) is 3.36. The Hall–Kier alpha value is -0.500. The molecule has 1 aromatic rings. The Morgan fingerprint density at radius 1 is 1.43 bits per heavy atom. The van der Waals surface area contributed by atoms with Crippen molar-refractivity contribution in [1.29, 1.82) is 0 Å². The third-order valence-electron chi connectivity index (χ3n) is 4.37. The fraction of sp³-hybridized carbons (Fsp3) is 0.714. The van der Waals surface area contributed by atoms with Crippen LogP contribution in [0.25, 0.3) is 0 Å². The van der Waals surface area contributed by atoms with Crippen molar-refractivity contribution in [2.45, 2.75) is 47.9 Å². The molecule has 2 N–H and O–H groups in total. The van der Waals surface area contributed by atoms with Crippen LogP contribution in [0.3, 0.4) is 0 Å². The molecule has 2 aliphatic rings. The van der Waals surface area contributed by atoms with Gasteiger partial charge in [-0.15, -0.1) is 0 Å². The highest BCUT2D eigenvalue weighted by Gasteiger charge is 2.42. The van der Waals surface area contributed by atoms with Gasteiger partial charge in [0, 0.05) is 42.8 Å². The molecule has 0 aliphatic heterocycles. The van der Waals surface area contributed by atoms with Crippen molar-refractivity contribution in [2.24, 2.45) is 7.05 Å². The molecule has 0 radical (unpaired) electrons. The molecule has 2 fully saturated rings. The van der Waals surface area contributed by atoms with E-state index >= 15 is 0 Å². The highest BCUT2D eigenvalue weighted by atomic mass is 32.2. The lowest BCUT2D eigenvalue weighted by molar-refractivity contribution is 0.579. The van der Waals surface area contributed by atoms with Gasteiger partial charge in [0.1, 0.15) is 0 Å². The molecule has 3 rings (SSSR count). The van der Waals surface area contributed by atoms with Crippen molar-refractivity contribution in [3.05, 3.63) is 18.0 Å². The Bertz CT molecular complexity index is 616. The van der Waals surface area contributed by atoms with Crippen LogP contribution in [0.4, 0.5) is 0 Å². The molecule has 0 unspecified atom stereocenters. The van der Waals surface area contributed by atoms with Crippen molar-refractivity contribution in [3.63, 3.8) is 0 Å². The lowest BCUT2D eigenvalue weighted by Gasteiger charge is -2.12. The molecule has 0 bridgehead atoms. The van der Waals surface area contributed by atoms with E-state index in [0.717, 1.165) is 25.1 Å². The van der Waals surface area contributed by atoms with E-state index in [1.165, 1.54) is 12.8 Å². The Morgan fingerprint density at radius 2 is 2.14 bits per heavy atom. The number of rotatable bonds is 8. The van der Waals surface area contributed by atoms with E-state index in [9.17, 15) is 8.42 Å². The Labute approximate surface area is 130 Å². The third kappa shape index (κ3) is 3.64. The second-order valence-corrected chi connectivity index (χ2v) is 9.19. The maximum atomic E-state index is 12.4. The van der Waals surface area contributed by atoms with Crippen molar-refractivity contribution < 1.29 is 8.42 Å². The van der Waals surface area contributed by atoms with Gasteiger partial charge < -0.3 is 9.88 Å². The van der Waals surface area contributed by atoms with E-state index in [1.807, 2.05) is 17.9 Å². The van der Waals surface area contributed by atoms with Gasteiger partial charge in [0.15, 0.2) is 0 Å². The number of hydrogen-bond acceptors (Lipinski definition) is 4. The molecule has 0 atom stereocenters. The zero-order valence-electron chi connectivity index (χ0n) is 12.6. The summed E-state index contributed by atoms with van der Waals surface area (Å²) in [6.07, 6.45) is 8.41. The summed E-state index contributed by atoms with van der Waals surface area (Å²) in [6, 6.07) is 2.39. The molecule has 0 amide bonds. The van der Waals surface area contributed by atoms with Crippen LogP contribution in [0.5, 0.6) is 0 Å². The van der Waals surface area contributed by atoms with E-state index in [2.05, 4.69) is 10.0 Å². The van der Waals surface area contributed by atoms with Crippen LogP contribution in [-0.2, 0) is 23.6 Å². The second-order valence-electron chi connectivity index (χ2n) is 6.14. The summed E-state index contributed by atoms with van der Waals surface area (Å²) < 4.78 is 29.6. The molecule has 0 spiro atoms. The topological polar surface area (TPSA) is 63.1 Å². The number of sulfonamides is 1. The quantitative estimate of drug-likeness (QED) is 0.758. The monoisotopic (exact) mass is 329 g/mol. The third-order valence-corrected chi connectivity index (χ3v) is 7.15.